The van der Waals surface area contributed by atoms with Gasteiger partial charge in [0.05, 0.1) is 19.3 Å². The fraction of sp³-hybridized carbons (Fsp3) is 0.889. The van der Waals surface area contributed by atoms with Gasteiger partial charge in [-0.05, 0) is 13.3 Å². The Morgan fingerprint density at radius 3 is 2.39 bits per heavy atom. The molecule has 5 nitrogen and oxygen atoms in total. The highest BCUT2D eigenvalue weighted by Crippen LogP contribution is 2.21. The summed E-state index contributed by atoms with van der Waals surface area (Å²) in [6.07, 6.45) is -5.75. The predicted octanol–water partition coefficient (Wildman–Crippen LogP) is 1.20. The minimum atomic E-state index is -4.42. The van der Waals surface area contributed by atoms with Crippen LogP contribution in [0.15, 0.2) is 0 Å². The molecule has 1 unspecified atom stereocenters. The summed E-state index contributed by atoms with van der Waals surface area (Å²) in [7, 11) is -2.65. The van der Waals surface area contributed by atoms with Crippen molar-refractivity contribution in [1.29, 1.82) is 0 Å². The van der Waals surface area contributed by atoms with Crippen LogP contribution < -0.4 is 4.72 Å². The Kier molecular flexibility index (Phi) is 6.61. The highest BCUT2D eigenvalue weighted by atomic mass is 32.2. The van der Waals surface area contributed by atoms with E-state index in [9.17, 15) is 26.4 Å². The fourth-order valence-corrected chi connectivity index (χ4v) is 2.60. The first-order valence-electron chi connectivity index (χ1n) is 5.19. The second-order valence-electron chi connectivity index (χ2n) is 3.84. The number of esters is 1. The summed E-state index contributed by atoms with van der Waals surface area (Å²) in [5.41, 5.74) is 0. The molecule has 18 heavy (non-hydrogen) atoms. The zero-order valence-electron chi connectivity index (χ0n) is 10.1. The molecule has 9 heteroatoms. The van der Waals surface area contributed by atoms with Crippen molar-refractivity contribution in [2.75, 3.05) is 12.9 Å². The van der Waals surface area contributed by atoms with Gasteiger partial charge in [-0.15, -0.1) is 0 Å². The molecule has 108 valence electrons. The van der Waals surface area contributed by atoms with E-state index in [0.29, 0.717) is 0 Å². The molecule has 1 atom stereocenters. The van der Waals surface area contributed by atoms with Crippen LogP contribution >= 0.6 is 0 Å². The van der Waals surface area contributed by atoms with E-state index in [1.54, 1.807) is 0 Å². The predicted molar refractivity (Wildman–Crippen MR) is 58.3 cm³/mol. The third-order valence-electron chi connectivity index (χ3n) is 1.94. The summed E-state index contributed by atoms with van der Waals surface area (Å²) >= 11 is 0. The molecule has 0 aliphatic carbocycles. The molecule has 0 bridgehead atoms. The van der Waals surface area contributed by atoms with Gasteiger partial charge >= 0.3 is 12.1 Å². The van der Waals surface area contributed by atoms with Crippen LogP contribution in [-0.4, -0.2) is 39.5 Å². The molecule has 0 aliphatic heterocycles. The van der Waals surface area contributed by atoms with Gasteiger partial charge in [-0.25, -0.2) is 13.1 Å². The lowest BCUT2D eigenvalue weighted by atomic mass is 10.2. The molecular formula is C9H16F3NO4S. The summed E-state index contributed by atoms with van der Waals surface area (Å²) in [5, 5.41) is 0. The smallest absolute Gasteiger partial charge is 0.390 e. The van der Waals surface area contributed by atoms with E-state index in [0.717, 1.165) is 6.92 Å². The number of sulfonamides is 1. The molecule has 1 N–H and O–H groups in total. The summed E-state index contributed by atoms with van der Waals surface area (Å²) in [4.78, 5) is 10.7. The van der Waals surface area contributed by atoms with Crippen molar-refractivity contribution in [3.05, 3.63) is 0 Å². The summed E-state index contributed by atoms with van der Waals surface area (Å²) in [6, 6.07) is -1.23. The van der Waals surface area contributed by atoms with Crippen LogP contribution in [0.5, 0.6) is 0 Å². The topological polar surface area (TPSA) is 72.5 Å². The number of hydrogen-bond donors (Lipinski definition) is 1. The number of hydrogen-bond acceptors (Lipinski definition) is 4. The van der Waals surface area contributed by atoms with Crippen LogP contribution in [0.3, 0.4) is 0 Å². The van der Waals surface area contributed by atoms with Crippen molar-refractivity contribution in [1.82, 2.24) is 4.72 Å². The van der Waals surface area contributed by atoms with Gasteiger partial charge in [-0.3, -0.25) is 4.79 Å². The molecule has 0 aromatic carbocycles. The molecule has 0 heterocycles. The first-order valence-corrected chi connectivity index (χ1v) is 6.84. The van der Waals surface area contributed by atoms with Crippen LogP contribution in [0.4, 0.5) is 13.2 Å². The standard InChI is InChI=1S/C9H16F3NO4S/c1-7(6-9(10,11)12)13-18(15,16)5-3-4-8(14)17-2/h7,13H,3-6H2,1-2H3. The molecule has 0 radical (unpaired) electrons. The van der Waals surface area contributed by atoms with Crippen molar-refractivity contribution in [2.24, 2.45) is 0 Å². The maximum Gasteiger partial charge on any atom is 0.390 e. The molecule has 0 aromatic rings. The molecule has 0 fully saturated rings. The summed E-state index contributed by atoms with van der Waals surface area (Å²) in [5.74, 6) is -0.974. The summed E-state index contributed by atoms with van der Waals surface area (Å²) < 4.78 is 64.9. The fourth-order valence-electron chi connectivity index (χ4n) is 1.26. The quantitative estimate of drug-likeness (QED) is 0.715. The van der Waals surface area contributed by atoms with Crippen LogP contribution in [0.25, 0.3) is 0 Å². The van der Waals surface area contributed by atoms with Crippen LogP contribution in [0.2, 0.25) is 0 Å². The van der Waals surface area contributed by atoms with E-state index in [4.69, 9.17) is 0 Å². The number of alkyl halides is 3. The Labute approximate surface area is 104 Å². The summed E-state index contributed by atoms with van der Waals surface area (Å²) in [6.45, 7) is 1.13. The zero-order valence-corrected chi connectivity index (χ0v) is 10.9. The van der Waals surface area contributed by atoms with E-state index in [-0.39, 0.29) is 12.8 Å². The average Bonchev–Trinajstić information content (AvgIpc) is 2.12. The number of carbonyl (C=O) groups excluding carboxylic acids is 1. The molecule has 0 aromatic heterocycles. The second kappa shape index (κ2) is 6.93. The molecule has 0 aliphatic rings. The largest absolute Gasteiger partial charge is 0.469 e. The minimum Gasteiger partial charge on any atom is -0.469 e. The Morgan fingerprint density at radius 2 is 1.94 bits per heavy atom. The normalized spacial score (nSPS) is 14.3. The Bertz CT molecular complexity index is 366. The van der Waals surface area contributed by atoms with Gasteiger partial charge in [0, 0.05) is 12.5 Å². The van der Waals surface area contributed by atoms with Crippen LogP contribution in [-0.2, 0) is 19.6 Å². The van der Waals surface area contributed by atoms with Gasteiger partial charge in [0.25, 0.3) is 0 Å². The minimum absolute atomic E-state index is 0.000739. The number of rotatable bonds is 7. The van der Waals surface area contributed by atoms with Crippen molar-refractivity contribution in [3.63, 3.8) is 0 Å². The number of halogens is 3. The number of nitrogens with one attached hydrogen (secondary N) is 1. The van der Waals surface area contributed by atoms with E-state index < -0.39 is 40.4 Å². The van der Waals surface area contributed by atoms with E-state index in [1.165, 1.54) is 7.11 Å². The number of carbonyl (C=O) groups is 1. The van der Waals surface area contributed by atoms with Gasteiger partial charge in [-0.1, -0.05) is 0 Å². The lowest BCUT2D eigenvalue weighted by molar-refractivity contribution is -0.140. The van der Waals surface area contributed by atoms with Crippen molar-refractivity contribution in [2.45, 2.75) is 38.4 Å². The van der Waals surface area contributed by atoms with Gasteiger partial charge in [0.15, 0.2) is 0 Å². The highest BCUT2D eigenvalue weighted by molar-refractivity contribution is 7.89. The third kappa shape index (κ3) is 9.23. The lowest BCUT2D eigenvalue weighted by Gasteiger charge is -2.15. The van der Waals surface area contributed by atoms with Gasteiger partial charge < -0.3 is 4.74 Å². The van der Waals surface area contributed by atoms with E-state index in [1.807, 2.05) is 4.72 Å². The molecule has 0 spiro atoms. The SMILES string of the molecule is COC(=O)CCCS(=O)(=O)NC(C)CC(F)(F)F. The van der Waals surface area contributed by atoms with Crippen molar-refractivity contribution in [3.8, 4) is 0 Å². The average molecular weight is 291 g/mol. The molecule has 0 rings (SSSR count). The third-order valence-corrected chi connectivity index (χ3v) is 3.53. The maximum absolute atomic E-state index is 12.0. The molecule has 0 saturated carbocycles. The van der Waals surface area contributed by atoms with Crippen molar-refractivity contribution < 1.29 is 31.1 Å². The van der Waals surface area contributed by atoms with E-state index >= 15 is 0 Å². The second-order valence-corrected chi connectivity index (χ2v) is 5.71. The van der Waals surface area contributed by atoms with Crippen LogP contribution in [0.1, 0.15) is 26.2 Å². The Morgan fingerprint density at radius 1 is 1.39 bits per heavy atom. The molecule has 0 saturated heterocycles. The Hall–Kier alpha value is -0.830. The molecular weight excluding hydrogens is 275 g/mol. The monoisotopic (exact) mass is 291 g/mol. The maximum atomic E-state index is 12.0. The van der Waals surface area contributed by atoms with Gasteiger partial charge in [0.2, 0.25) is 10.0 Å². The first kappa shape index (κ1) is 17.2. The first-order chi connectivity index (χ1) is 8.06. The Balaban J connectivity index is 4.11. The number of methoxy groups -OCH3 is 1. The van der Waals surface area contributed by atoms with Crippen molar-refractivity contribution >= 4 is 16.0 Å². The van der Waals surface area contributed by atoms with Gasteiger partial charge in [0.1, 0.15) is 0 Å². The van der Waals surface area contributed by atoms with Gasteiger partial charge in [-0.2, -0.15) is 13.2 Å². The lowest BCUT2D eigenvalue weighted by Crippen LogP contribution is -2.37. The number of ether oxygens (including phenoxy) is 1. The zero-order chi connectivity index (χ0) is 14.4. The highest BCUT2D eigenvalue weighted by Gasteiger charge is 2.31. The van der Waals surface area contributed by atoms with E-state index in [2.05, 4.69) is 4.74 Å². The van der Waals surface area contributed by atoms with Crippen LogP contribution in [0, 0.1) is 0 Å². The molecule has 0 amide bonds.